The summed E-state index contributed by atoms with van der Waals surface area (Å²) in [6.45, 7) is 4.37. The Hall–Kier alpha value is -1.39. The molecule has 102 valence electrons. The van der Waals surface area contributed by atoms with Crippen LogP contribution in [0, 0.1) is 17.8 Å². The van der Waals surface area contributed by atoms with Crippen LogP contribution in [0.2, 0.25) is 0 Å². The first-order valence-electron chi connectivity index (χ1n) is 6.87. The first kappa shape index (κ1) is 12.6. The lowest BCUT2D eigenvalue weighted by Gasteiger charge is -2.23. The highest BCUT2D eigenvalue weighted by Gasteiger charge is 2.52. The number of rotatable bonds is 4. The van der Waals surface area contributed by atoms with E-state index >= 15 is 0 Å². The van der Waals surface area contributed by atoms with Crippen molar-refractivity contribution < 1.29 is 9.90 Å². The van der Waals surface area contributed by atoms with E-state index < -0.39 is 5.60 Å². The smallest absolute Gasteiger partial charge is 0.256 e. The van der Waals surface area contributed by atoms with Gasteiger partial charge in [0.1, 0.15) is 0 Å². The Kier molecular flexibility index (Phi) is 3.07. The molecule has 4 heteroatoms. The van der Waals surface area contributed by atoms with E-state index in [1.165, 1.54) is 0 Å². The van der Waals surface area contributed by atoms with Crippen molar-refractivity contribution in [3.63, 3.8) is 0 Å². The van der Waals surface area contributed by atoms with Gasteiger partial charge in [0.2, 0.25) is 0 Å². The monoisotopic (exact) mass is 260 g/mol. The van der Waals surface area contributed by atoms with Gasteiger partial charge >= 0.3 is 0 Å². The number of fused-ring (bicyclic) bond motifs is 1. The molecule has 0 bridgehead atoms. The molecule has 1 amide bonds. The maximum atomic E-state index is 12.1. The lowest BCUT2D eigenvalue weighted by atomic mass is 9.95. The molecule has 1 aliphatic carbocycles. The van der Waals surface area contributed by atoms with Crippen LogP contribution in [-0.2, 0) is 10.4 Å². The molecule has 1 heterocycles. The third kappa shape index (κ3) is 2.26. The molecular weight excluding hydrogens is 240 g/mol. The van der Waals surface area contributed by atoms with E-state index in [4.69, 9.17) is 0 Å². The molecule has 3 rings (SSSR count). The van der Waals surface area contributed by atoms with Crippen molar-refractivity contribution >= 4 is 5.91 Å². The second kappa shape index (κ2) is 4.62. The zero-order valence-electron chi connectivity index (χ0n) is 11.1. The van der Waals surface area contributed by atoms with Gasteiger partial charge in [0.05, 0.1) is 0 Å². The van der Waals surface area contributed by atoms with Crippen LogP contribution in [0.3, 0.4) is 0 Å². The van der Waals surface area contributed by atoms with Crippen LogP contribution in [0.5, 0.6) is 0 Å². The number of carbonyl (C=O) groups is 1. The topological polar surface area (TPSA) is 61.4 Å². The maximum absolute atomic E-state index is 12.1. The predicted octanol–water partition coefficient (Wildman–Crippen LogP) is 0.476. The Balaban J connectivity index is 1.57. The molecule has 1 aromatic carbocycles. The van der Waals surface area contributed by atoms with Gasteiger partial charge in [-0.25, -0.2) is 0 Å². The van der Waals surface area contributed by atoms with E-state index in [1.54, 1.807) is 19.1 Å². The fourth-order valence-electron chi connectivity index (χ4n) is 3.13. The van der Waals surface area contributed by atoms with Crippen molar-refractivity contribution in [2.45, 2.75) is 12.5 Å². The fourth-order valence-corrected chi connectivity index (χ4v) is 3.13. The molecule has 4 nitrogen and oxygen atoms in total. The average molecular weight is 260 g/mol. The van der Waals surface area contributed by atoms with Gasteiger partial charge in [0.25, 0.3) is 5.91 Å². The quantitative estimate of drug-likeness (QED) is 0.738. The van der Waals surface area contributed by atoms with Crippen LogP contribution in [0.25, 0.3) is 0 Å². The van der Waals surface area contributed by atoms with Crippen molar-refractivity contribution in [2.24, 2.45) is 17.8 Å². The molecular formula is C15H20N2O2. The number of aliphatic hydroxyl groups is 1. The van der Waals surface area contributed by atoms with E-state index in [2.05, 4.69) is 10.6 Å². The minimum Gasteiger partial charge on any atom is -0.376 e. The average Bonchev–Trinajstić information content (AvgIpc) is 2.85. The molecule has 2 aliphatic rings. The van der Waals surface area contributed by atoms with Crippen molar-refractivity contribution in [1.29, 1.82) is 0 Å². The van der Waals surface area contributed by atoms with Crippen LogP contribution in [-0.4, -0.2) is 30.6 Å². The Morgan fingerprint density at radius 1 is 1.37 bits per heavy atom. The molecule has 0 radical (unpaired) electrons. The van der Waals surface area contributed by atoms with Gasteiger partial charge in [-0.2, -0.15) is 0 Å². The number of nitrogens with one attached hydrogen (secondary N) is 2. The van der Waals surface area contributed by atoms with Gasteiger partial charge in [-0.05, 0) is 43.3 Å². The second-order valence-corrected chi connectivity index (χ2v) is 5.80. The summed E-state index contributed by atoms with van der Waals surface area (Å²) in [7, 11) is 0. The summed E-state index contributed by atoms with van der Waals surface area (Å²) in [5.74, 6) is 1.73. The van der Waals surface area contributed by atoms with Crippen LogP contribution in [0.15, 0.2) is 30.3 Å². The van der Waals surface area contributed by atoms with Crippen LogP contribution >= 0.6 is 0 Å². The van der Waals surface area contributed by atoms with Gasteiger partial charge in [-0.15, -0.1) is 0 Å². The molecule has 1 unspecified atom stereocenters. The standard InChI is InChI=1S/C15H20N2O2/c1-15(19,10-5-3-2-4-6-10)14(18)17-9-13-11-7-16-8-12(11)13/h2-6,11-13,16,19H,7-9H2,1H3,(H,17,18)/t11-,12+,13?,15-/m1/s1. The van der Waals surface area contributed by atoms with Crippen molar-refractivity contribution in [2.75, 3.05) is 19.6 Å². The zero-order chi connectivity index (χ0) is 13.5. The molecule has 1 aliphatic heterocycles. The molecule has 19 heavy (non-hydrogen) atoms. The molecule has 3 N–H and O–H groups in total. The number of carbonyl (C=O) groups excluding carboxylic acids is 1. The molecule has 0 spiro atoms. The third-order valence-corrected chi connectivity index (χ3v) is 4.55. The Morgan fingerprint density at radius 2 is 2.00 bits per heavy atom. The second-order valence-electron chi connectivity index (χ2n) is 5.80. The maximum Gasteiger partial charge on any atom is 0.256 e. The van der Waals surface area contributed by atoms with Crippen LogP contribution in [0.4, 0.5) is 0 Å². The number of piperidine rings is 1. The van der Waals surface area contributed by atoms with E-state index in [-0.39, 0.29) is 5.91 Å². The summed E-state index contributed by atoms with van der Waals surface area (Å²) in [5.41, 5.74) is -0.825. The summed E-state index contributed by atoms with van der Waals surface area (Å²) < 4.78 is 0. The molecule has 4 atom stereocenters. The van der Waals surface area contributed by atoms with Crippen LogP contribution < -0.4 is 10.6 Å². The first-order chi connectivity index (χ1) is 9.10. The summed E-state index contributed by atoms with van der Waals surface area (Å²) in [5, 5.41) is 16.6. The van der Waals surface area contributed by atoms with E-state index in [9.17, 15) is 9.90 Å². The van der Waals surface area contributed by atoms with Crippen LogP contribution in [0.1, 0.15) is 12.5 Å². The molecule has 1 aromatic rings. The zero-order valence-corrected chi connectivity index (χ0v) is 11.1. The Bertz CT molecular complexity index is 462. The minimum atomic E-state index is -1.45. The number of amides is 1. The van der Waals surface area contributed by atoms with Gasteiger partial charge in [0.15, 0.2) is 5.60 Å². The first-order valence-corrected chi connectivity index (χ1v) is 6.87. The van der Waals surface area contributed by atoms with E-state index in [1.807, 2.05) is 18.2 Å². The molecule has 0 aromatic heterocycles. The van der Waals surface area contributed by atoms with E-state index in [0.717, 1.165) is 24.9 Å². The van der Waals surface area contributed by atoms with Crippen molar-refractivity contribution in [3.05, 3.63) is 35.9 Å². The highest BCUT2D eigenvalue weighted by molar-refractivity contribution is 5.85. The summed E-state index contributed by atoms with van der Waals surface area (Å²) in [6, 6.07) is 9.07. The van der Waals surface area contributed by atoms with E-state index in [0.29, 0.717) is 18.0 Å². The van der Waals surface area contributed by atoms with Gasteiger partial charge in [-0.1, -0.05) is 30.3 Å². The summed E-state index contributed by atoms with van der Waals surface area (Å²) >= 11 is 0. The molecule has 2 fully saturated rings. The molecule has 1 saturated heterocycles. The molecule has 1 saturated carbocycles. The largest absolute Gasteiger partial charge is 0.376 e. The van der Waals surface area contributed by atoms with Gasteiger partial charge in [-0.3, -0.25) is 4.79 Å². The highest BCUT2D eigenvalue weighted by Crippen LogP contribution is 2.48. The highest BCUT2D eigenvalue weighted by atomic mass is 16.3. The lowest BCUT2D eigenvalue weighted by molar-refractivity contribution is -0.139. The fraction of sp³-hybridized carbons (Fsp3) is 0.533. The van der Waals surface area contributed by atoms with Crippen molar-refractivity contribution in [1.82, 2.24) is 10.6 Å². The SMILES string of the molecule is C[C@](O)(C(=O)NCC1[C@H]2CNC[C@@H]12)c1ccccc1. The van der Waals surface area contributed by atoms with Gasteiger partial charge in [0, 0.05) is 6.54 Å². The van der Waals surface area contributed by atoms with Crippen molar-refractivity contribution in [3.8, 4) is 0 Å². The summed E-state index contributed by atoms with van der Waals surface area (Å²) in [6.07, 6.45) is 0. The normalized spacial score (nSPS) is 31.4. The number of benzene rings is 1. The minimum absolute atomic E-state index is 0.309. The predicted molar refractivity (Wildman–Crippen MR) is 72.4 cm³/mol. The lowest BCUT2D eigenvalue weighted by Crippen LogP contribution is -2.43. The number of hydrogen-bond acceptors (Lipinski definition) is 3. The van der Waals surface area contributed by atoms with Gasteiger partial charge < -0.3 is 15.7 Å². The number of hydrogen-bond donors (Lipinski definition) is 3. The Morgan fingerprint density at radius 3 is 2.63 bits per heavy atom. The third-order valence-electron chi connectivity index (χ3n) is 4.55. The summed E-state index contributed by atoms with van der Waals surface area (Å²) in [4.78, 5) is 12.1. The Labute approximate surface area is 113 Å².